The minimum atomic E-state index is -0.355. The van der Waals surface area contributed by atoms with Crippen LogP contribution >= 0.6 is 0 Å². The number of nitrogens with two attached hydrogens (primary N) is 1. The van der Waals surface area contributed by atoms with Gasteiger partial charge in [0.2, 0.25) is 5.91 Å². The third kappa shape index (κ3) is 3.46. The van der Waals surface area contributed by atoms with Crippen molar-refractivity contribution < 1.29 is 13.6 Å². The number of anilines is 2. The molecular formula is C20H19F2N5O. The van der Waals surface area contributed by atoms with Crippen molar-refractivity contribution in [3.63, 3.8) is 0 Å². The Kier molecular flexibility index (Phi) is 4.79. The minimum Gasteiger partial charge on any atom is -0.340 e. The number of rotatable bonds is 4. The fourth-order valence-electron chi connectivity index (χ4n) is 3.31. The van der Waals surface area contributed by atoms with Crippen molar-refractivity contribution in [3.05, 3.63) is 66.0 Å². The van der Waals surface area contributed by atoms with Crippen molar-refractivity contribution in [2.75, 3.05) is 18.4 Å². The van der Waals surface area contributed by atoms with E-state index in [9.17, 15) is 13.6 Å². The van der Waals surface area contributed by atoms with Crippen LogP contribution in [0.1, 0.15) is 5.82 Å². The lowest BCUT2D eigenvalue weighted by atomic mass is 10.1. The molecule has 0 spiro atoms. The second-order valence-corrected chi connectivity index (χ2v) is 6.54. The molecule has 0 radical (unpaired) electrons. The third-order valence-corrected chi connectivity index (χ3v) is 4.70. The molecule has 6 nitrogen and oxygen atoms in total. The number of imidazole rings is 1. The van der Waals surface area contributed by atoms with E-state index < -0.39 is 0 Å². The fourth-order valence-corrected chi connectivity index (χ4v) is 3.31. The topological polar surface area (TPSA) is 76.2 Å². The van der Waals surface area contributed by atoms with Crippen LogP contribution in [0.15, 0.2) is 48.5 Å². The third-order valence-electron chi connectivity index (χ3n) is 4.70. The molecule has 1 amide bonds. The van der Waals surface area contributed by atoms with Crippen LogP contribution in [0.2, 0.25) is 0 Å². The summed E-state index contributed by atoms with van der Waals surface area (Å²) in [6, 6.07) is 12.1. The SMILES string of the molecule is NCC(=O)N1CCn2c(nc(-c3ccc(F)cc3)c2Nc2cccc(F)c2)C1. The Hall–Kier alpha value is -3.26. The lowest BCUT2D eigenvalue weighted by Gasteiger charge is -2.28. The summed E-state index contributed by atoms with van der Waals surface area (Å²) in [5.74, 6) is 0.522. The van der Waals surface area contributed by atoms with Crippen molar-refractivity contribution in [2.45, 2.75) is 13.1 Å². The molecule has 0 unspecified atom stereocenters. The van der Waals surface area contributed by atoms with Crippen molar-refractivity contribution in [1.82, 2.24) is 14.5 Å². The first-order valence-electron chi connectivity index (χ1n) is 8.91. The number of carbonyl (C=O) groups is 1. The fraction of sp³-hybridized carbons (Fsp3) is 0.200. The maximum Gasteiger partial charge on any atom is 0.236 e. The Labute approximate surface area is 160 Å². The molecule has 2 aromatic carbocycles. The van der Waals surface area contributed by atoms with E-state index in [1.54, 1.807) is 29.2 Å². The lowest BCUT2D eigenvalue weighted by molar-refractivity contribution is -0.131. The van der Waals surface area contributed by atoms with Gasteiger partial charge < -0.3 is 20.5 Å². The number of nitrogens with one attached hydrogen (secondary N) is 1. The molecule has 3 aromatic rings. The van der Waals surface area contributed by atoms with E-state index in [2.05, 4.69) is 10.3 Å². The Morgan fingerprint density at radius 2 is 1.89 bits per heavy atom. The van der Waals surface area contributed by atoms with Crippen molar-refractivity contribution in [1.29, 1.82) is 0 Å². The van der Waals surface area contributed by atoms with Gasteiger partial charge >= 0.3 is 0 Å². The van der Waals surface area contributed by atoms with E-state index in [1.165, 1.54) is 24.3 Å². The molecule has 144 valence electrons. The summed E-state index contributed by atoms with van der Waals surface area (Å²) in [5, 5.41) is 3.23. The molecule has 3 N–H and O–H groups in total. The maximum absolute atomic E-state index is 13.6. The quantitative estimate of drug-likeness (QED) is 0.726. The largest absolute Gasteiger partial charge is 0.340 e. The van der Waals surface area contributed by atoms with Gasteiger partial charge in [-0.3, -0.25) is 4.79 Å². The predicted octanol–water partition coefficient (Wildman–Crippen LogP) is 2.87. The molecule has 28 heavy (non-hydrogen) atoms. The van der Waals surface area contributed by atoms with Gasteiger partial charge in [-0.2, -0.15) is 0 Å². The predicted molar refractivity (Wildman–Crippen MR) is 102 cm³/mol. The number of aromatic nitrogens is 2. The average Bonchev–Trinajstić information content (AvgIpc) is 3.05. The first kappa shape index (κ1) is 18.1. The molecule has 0 atom stereocenters. The van der Waals surface area contributed by atoms with Crippen LogP contribution < -0.4 is 11.1 Å². The van der Waals surface area contributed by atoms with Crippen LogP contribution in [-0.2, 0) is 17.9 Å². The zero-order chi connectivity index (χ0) is 19.7. The van der Waals surface area contributed by atoms with Crippen molar-refractivity contribution in [3.8, 4) is 11.3 Å². The monoisotopic (exact) mass is 383 g/mol. The summed E-state index contributed by atoms with van der Waals surface area (Å²) in [4.78, 5) is 18.3. The highest BCUT2D eigenvalue weighted by Gasteiger charge is 2.26. The highest BCUT2D eigenvalue weighted by molar-refractivity contribution is 5.79. The molecule has 1 aliphatic rings. The van der Waals surface area contributed by atoms with E-state index in [4.69, 9.17) is 5.73 Å². The van der Waals surface area contributed by atoms with Gasteiger partial charge in [-0.15, -0.1) is 0 Å². The van der Waals surface area contributed by atoms with E-state index in [-0.39, 0.29) is 24.1 Å². The Morgan fingerprint density at radius 1 is 1.11 bits per heavy atom. The molecule has 1 aromatic heterocycles. The molecule has 2 heterocycles. The van der Waals surface area contributed by atoms with Gasteiger partial charge in [0.1, 0.15) is 29.0 Å². The molecule has 0 fully saturated rings. The van der Waals surface area contributed by atoms with Crippen LogP contribution in [-0.4, -0.2) is 33.4 Å². The Morgan fingerprint density at radius 3 is 2.61 bits per heavy atom. The lowest BCUT2D eigenvalue weighted by Crippen LogP contribution is -2.41. The van der Waals surface area contributed by atoms with Gasteiger partial charge in [0, 0.05) is 24.3 Å². The van der Waals surface area contributed by atoms with E-state index in [0.29, 0.717) is 42.7 Å². The molecular weight excluding hydrogens is 364 g/mol. The smallest absolute Gasteiger partial charge is 0.236 e. The maximum atomic E-state index is 13.6. The van der Waals surface area contributed by atoms with E-state index in [1.807, 2.05) is 4.57 Å². The first-order valence-corrected chi connectivity index (χ1v) is 8.91. The molecule has 0 bridgehead atoms. The number of carbonyl (C=O) groups excluding carboxylic acids is 1. The molecule has 0 saturated heterocycles. The zero-order valence-electron chi connectivity index (χ0n) is 15.0. The Balaban J connectivity index is 1.77. The summed E-state index contributed by atoms with van der Waals surface area (Å²) in [6.07, 6.45) is 0. The van der Waals surface area contributed by atoms with Gasteiger partial charge in [-0.05, 0) is 42.5 Å². The van der Waals surface area contributed by atoms with Gasteiger partial charge in [0.25, 0.3) is 0 Å². The normalized spacial score (nSPS) is 13.3. The number of hydrogen-bond donors (Lipinski definition) is 2. The molecule has 0 aliphatic carbocycles. The second kappa shape index (κ2) is 7.40. The van der Waals surface area contributed by atoms with Crippen LogP contribution in [0, 0.1) is 11.6 Å². The molecule has 4 rings (SSSR count). The first-order chi connectivity index (χ1) is 13.5. The summed E-state index contributed by atoms with van der Waals surface area (Å²) >= 11 is 0. The molecule has 1 aliphatic heterocycles. The molecule has 8 heteroatoms. The number of amides is 1. The van der Waals surface area contributed by atoms with E-state index >= 15 is 0 Å². The molecule has 0 saturated carbocycles. The van der Waals surface area contributed by atoms with Gasteiger partial charge in [-0.25, -0.2) is 13.8 Å². The number of benzene rings is 2. The highest BCUT2D eigenvalue weighted by Crippen LogP contribution is 2.33. The minimum absolute atomic E-state index is 0.0556. The van der Waals surface area contributed by atoms with Gasteiger partial charge in [-0.1, -0.05) is 6.07 Å². The van der Waals surface area contributed by atoms with Crippen molar-refractivity contribution >= 4 is 17.4 Å². The average molecular weight is 383 g/mol. The number of hydrogen-bond acceptors (Lipinski definition) is 4. The second-order valence-electron chi connectivity index (χ2n) is 6.54. The highest BCUT2D eigenvalue weighted by atomic mass is 19.1. The number of halogens is 2. The van der Waals surface area contributed by atoms with Gasteiger partial charge in [0.05, 0.1) is 13.1 Å². The Bertz CT molecular complexity index is 1020. The van der Waals surface area contributed by atoms with E-state index in [0.717, 1.165) is 5.56 Å². The summed E-state index contributed by atoms with van der Waals surface area (Å²) in [6.45, 7) is 1.29. The summed E-state index contributed by atoms with van der Waals surface area (Å²) in [5.41, 5.74) is 7.39. The van der Waals surface area contributed by atoms with Crippen LogP contribution in [0.25, 0.3) is 11.3 Å². The van der Waals surface area contributed by atoms with Crippen molar-refractivity contribution in [2.24, 2.45) is 5.73 Å². The number of nitrogens with zero attached hydrogens (tertiary/aromatic N) is 3. The zero-order valence-corrected chi connectivity index (χ0v) is 15.0. The standard InChI is InChI=1S/C20H19F2N5O/c21-14-6-4-13(5-7-14)19-20(24-16-3-1-2-15(22)10-16)27-9-8-26(18(28)11-23)12-17(27)25-19/h1-7,10,24H,8-9,11-12,23H2. The van der Waals surface area contributed by atoms with Crippen LogP contribution in [0.5, 0.6) is 0 Å². The summed E-state index contributed by atoms with van der Waals surface area (Å²) in [7, 11) is 0. The van der Waals surface area contributed by atoms with Crippen LogP contribution in [0.3, 0.4) is 0 Å². The van der Waals surface area contributed by atoms with Gasteiger partial charge in [0.15, 0.2) is 0 Å². The number of fused-ring (bicyclic) bond motifs is 1. The summed E-state index contributed by atoms with van der Waals surface area (Å²) < 4.78 is 28.9. The van der Waals surface area contributed by atoms with Crippen LogP contribution in [0.4, 0.5) is 20.3 Å².